The standard InChI is InChI=1S/C17H17FO/c1-11-6-14(10-16(18)7-11)17(19)15-8-12-4-2-3-5-13(12)9-15/h2-7,10,15,17,19H,8-9H2,1H3. The van der Waals surface area contributed by atoms with Gasteiger partial charge in [-0.05, 0) is 60.1 Å². The molecule has 19 heavy (non-hydrogen) atoms. The molecular formula is C17H17FO. The van der Waals surface area contributed by atoms with Gasteiger partial charge in [0, 0.05) is 0 Å². The maximum atomic E-state index is 13.4. The number of rotatable bonds is 2. The first-order valence-corrected chi connectivity index (χ1v) is 6.65. The van der Waals surface area contributed by atoms with Crippen LogP contribution < -0.4 is 0 Å². The summed E-state index contributed by atoms with van der Waals surface area (Å²) in [5.41, 5.74) is 4.15. The van der Waals surface area contributed by atoms with Crippen LogP contribution in [-0.2, 0) is 12.8 Å². The summed E-state index contributed by atoms with van der Waals surface area (Å²) < 4.78 is 13.4. The van der Waals surface area contributed by atoms with E-state index >= 15 is 0 Å². The minimum Gasteiger partial charge on any atom is -0.388 e. The monoisotopic (exact) mass is 256 g/mol. The lowest BCUT2D eigenvalue weighted by Gasteiger charge is -2.18. The lowest BCUT2D eigenvalue weighted by atomic mass is 9.92. The third kappa shape index (κ3) is 2.41. The van der Waals surface area contributed by atoms with E-state index in [0.29, 0.717) is 5.56 Å². The van der Waals surface area contributed by atoms with Crippen LogP contribution in [0.3, 0.4) is 0 Å². The summed E-state index contributed by atoms with van der Waals surface area (Å²) >= 11 is 0. The predicted octanol–water partition coefficient (Wildman–Crippen LogP) is 3.58. The maximum Gasteiger partial charge on any atom is 0.123 e. The topological polar surface area (TPSA) is 20.2 Å². The smallest absolute Gasteiger partial charge is 0.123 e. The van der Waals surface area contributed by atoms with Crippen molar-refractivity contribution in [3.05, 3.63) is 70.5 Å². The quantitative estimate of drug-likeness (QED) is 0.870. The van der Waals surface area contributed by atoms with Crippen molar-refractivity contribution < 1.29 is 9.50 Å². The van der Waals surface area contributed by atoms with E-state index in [1.54, 1.807) is 0 Å². The number of aliphatic hydroxyl groups excluding tert-OH is 1. The van der Waals surface area contributed by atoms with Crippen LogP contribution in [0.25, 0.3) is 0 Å². The Kier molecular flexibility index (Phi) is 3.11. The Morgan fingerprint density at radius 1 is 1.11 bits per heavy atom. The van der Waals surface area contributed by atoms with E-state index in [-0.39, 0.29) is 11.7 Å². The normalized spacial score (nSPS) is 16.4. The fourth-order valence-electron chi connectivity index (χ4n) is 3.02. The highest BCUT2D eigenvalue weighted by molar-refractivity contribution is 5.34. The number of benzene rings is 2. The third-order valence-electron chi connectivity index (χ3n) is 3.94. The van der Waals surface area contributed by atoms with Gasteiger partial charge in [-0.15, -0.1) is 0 Å². The van der Waals surface area contributed by atoms with Gasteiger partial charge in [0.2, 0.25) is 0 Å². The average Bonchev–Trinajstić information content (AvgIpc) is 2.80. The van der Waals surface area contributed by atoms with Crippen LogP contribution in [-0.4, -0.2) is 5.11 Å². The van der Waals surface area contributed by atoms with Crippen molar-refractivity contribution in [2.45, 2.75) is 25.9 Å². The molecule has 0 saturated heterocycles. The van der Waals surface area contributed by atoms with E-state index in [1.807, 2.05) is 25.1 Å². The minimum atomic E-state index is -0.596. The second kappa shape index (κ2) is 4.78. The van der Waals surface area contributed by atoms with E-state index in [1.165, 1.54) is 23.3 Å². The van der Waals surface area contributed by atoms with Gasteiger partial charge in [0.1, 0.15) is 5.82 Å². The van der Waals surface area contributed by atoms with E-state index < -0.39 is 6.10 Å². The average molecular weight is 256 g/mol. The van der Waals surface area contributed by atoms with Crippen molar-refractivity contribution in [1.82, 2.24) is 0 Å². The molecule has 1 unspecified atom stereocenters. The molecule has 0 spiro atoms. The van der Waals surface area contributed by atoms with Gasteiger partial charge >= 0.3 is 0 Å². The Balaban J connectivity index is 1.84. The minimum absolute atomic E-state index is 0.151. The van der Waals surface area contributed by atoms with Crippen LogP contribution >= 0.6 is 0 Å². The summed E-state index contributed by atoms with van der Waals surface area (Å²) in [4.78, 5) is 0. The van der Waals surface area contributed by atoms with Crippen LogP contribution in [0.1, 0.15) is 28.4 Å². The molecule has 2 heteroatoms. The van der Waals surface area contributed by atoms with E-state index in [4.69, 9.17) is 0 Å². The summed E-state index contributed by atoms with van der Waals surface area (Å²) in [6.07, 6.45) is 1.14. The highest BCUT2D eigenvalue weighted by Gasteiger charge is 2.28. The van der Waals surface area contributed by atoms with Crippen LogP contribution in [0.2, 0.25) is 0 Å². The van der Waals surface area contributed by atoms with Gasteiger partial charge in [-0.25, -0.2) is 4.39 Å². The van der Waals surface area contributed by atoms with Gasteiger partial charge in [0.05, 0.1) is 6.10 Å². The molecule has 1 atom stereocenters. The van der Waals surface area contributed by atoms with Crippen molar-refractivity contribution in [3.8, 4) is 0 Å². The lowest BCUT2D eigenvalue weighted by molar-refractivity contribution is 0.113. The molecule has 2 aromatic carbocycles. The number of aliphatic hydroxyl groups is 1. The van der Waals surface area contributed by atoms with Gasteiger partial charge in [0.25, 0.3) is 0 Å². The number of hydrogen-bond donors (Lipinski definition) is 1. The molecule has 0 saturated carbocycles. The molecule has 1 aliphatic rings. The second-order valence-electron chi connectivity index (χ2n) is 5.44. The Bertz CT molecular complexity index is 561. The number of halogens is 1. The Morgan fingerprint density at radius 3 is 2.32 bits per heavy atom. The van der Waals surface area contributed by atoms with E-state index in [2.05, 4.69) is 12.1 Å². The molecular weight excluding hydrogens is 239 g/mol. The zero-order valence-electron chi connectivity index (χ0n) is 10.9. The van der Waals surface area contributed by atoms with Crippen molar-refractivity contribution in [2.75, 3.05) is 0 Å². The van der Waals surface area contributed by atoms with Crippen molar-refractivity contribution >= 4 is 0 Å². The highest BCUT2D eigenvalue weighted by atomic mass is 19.1. The van der Waals surface area contributed by atoms with Crippen molar-refractivity contribution in [3.63, 3.8) is 0 Å². The van der Waals surface area contributed by atoms with E-state index in [9.17, 15) is 9.50 Å². The Morgan fingerprint density at radius 2 is 1.74 bits per heavy atom. The fourth-order valence-corrected chi connectivity index (χ4v) is 3.02. The Labute approximate surface area is 112 Å². The molecule has 98 valence electrons. The summed E-state index contributed by atoms with van der Waals surface area (Å²) in [5, 5.41) is 10.5. The van der Waals surface area contributed by atoms with Gasteiger partial charge in [0.15, 0.2) is 0 Å². The summed E-state index contributed by atoms with van der Waals surface area (Å²) in [6.45, 7) is 1.85. The second-order valence-corrected chi connectivity index (χ2v) is 5.44. The maximum absolute atomic E-state index is 13.4. The molecule has 0 amide bonds. The number of hydrogen-bond acceptors (Lipinski definition) is 1. The highest BCUT2D eigenvalue weighted by Crippen LogP contribution is 2.35. The van der Waals surface area contributed by atoms with Crippen LogP contribution in [0.4, 0.5) is 4.39 Å². The van der Waals surface area contributed by atoms with Gasteiger partial charge in [-0.3, -0.25) is 0 Å². The largest absolute Gasteiger partial charge is 0.388 e. The zero-order chi connectivity index (χ0) is 13.4. The summed E-state index contributed by atoms with van der Waals surface area (Å²) in [7, 11) is 0. The predicted molar refractivity (Wildman–Crippen MR) is 73.4 cm³/mol. The molecule has 0 aromatic heterocycles. The van der Waals surface area contributed by atoms with Gasteiger partial charge < -0.3 is 5.11 Å². The molecule has 0 bridgehead atoms. The van der Waals surface area contributed by atoms with Crippen LogP contribution in [0, 0.1) is 18.7 Å². The Hall–Kier alpha value is -1.67. The number of aryl methyl sites for hydroxylation is 1. The molecule has 0 aliphatic heterocycles. The fraction of sp³-hybridized carbons (Fsp3) is 0.294. The van der Waals surface area contributed by atoms with Gasteiger partial charge in [-0.1, -0.05) is 30.3 Å². The molecule has 0 radical (unpaired) electrons. The number of fused-ring (bicyclic) bond motifs is 1. The first-order chi connectivity index (χ1) is 9.13. The lowest BCUT2D eigenvalue weighted by Crippen LogP contribution is -2.13. The summed E-state index contributed by atoms with van der Waals surface area (Å²) in [6, 6.07) is 13.1. The van der Waals surface area contributed by atoms with Crippen molar-refractivity contribution in [2.24, 2.45) is 5.92 Å². The van der Waals surface area contributed by atoms with E-state index in [0.717, 1.165) is 18.4 Å². The summed E-state index contributed by atoms with van der Waals surface area (Å²) in [5.74, 6) is -0.122. The molecule has 0 heterocycles. The van der Waals surface area contributed by atoms with Crippen LogP contribution in [0.15, 0.2) is 42.5 Å². The third-order valence-corrected chi connectivity index (χ3v) is 3.94. The first kappa shape index (κ1) is 12.4. The van der Waals surface area contributed by atoms with Crippen LogP contribution in [0.5, 0.6) is 0 Å². The van der Waals surface area contributed by atoms with Gasteiger partial charge in [-0.2, -0.15) is 0 Å². The molecule has 0 fully saturated rings. The SMILES string of the molecule is Cc1cc(F)cc(C(O)C2Cc3ccccc3C2)c1. The zero-order valence-corrected chi connectivity index (χ0v) is 10.9. The molecule has 1 aliphatic carbocycles. The molecule has 2 aromatic rings. The van der Waals surface area contributed by atoms with Crippen molar-refractivity contribution in [1.29, 1.82) is 0 Å². The first-order valence-electron chi connectivity index (χ1n) is 6.65. The molecule has 1 nitrogen and oxygen atoms in total. The molecule has 1 N–H and O–H groups in total. The molecule has 3 rings (SSSR count).